The van der Waals surface area contributed by atoms with Crippen LogP contribution in [0, 0.1) is 0 Å². The molecule has 7 heteroatoms. The number of carbonyl (C=O) groups is 1. The van der Waals surface area contributed by atoms with Crippen LogP contribution in [-0.4, -0.2) is 86.4 Å². The van der Waals surface area contributed by atoms with Gasteiger partial charge in [0, 0.05) is 31.7 Å². The Hall–Kier alpha value is -1.83. The molecule has 0 radical (unpaired) electrons. The van der Waals surface area contributed by atoms with E-state index in [2.05, 4.69) is 22.2 Å². The summed E-state index contributed by atoms with van der Waals surface area (Å²) in [7, 11) is 3.73. The van der Waals surface area contributed by atoms with E-state index in [-0.39, 0.29) is 18.1 Å². The number of aliphatic hydroxyl groups is 1. The van der Waals surface area contributed by atoms with Crippen LogP contribution in [0.1, 0.15) is 42.5 Å². The van der Waals surface area contributed by atoms with E-state index in [4.69, 9.17) is 9.47 Å². The van der Waals surface area contributed by atoms with Crippen LogP contribution >= 0.6 is 0 Å². The fraction of sp³-hybridized carbons (Fsp3) is 0.682. The van der Waals surface area contributed by atoms with E-state index in [0.29, 0.717) is 23.6 Å². The third kappa shape index (κ3) is 6.59. The Bertz CT molecular complexity index is 661. The minimum atomic E-state index is -0.207. The van der Waals surface area contributed by atoms with E-state index < -0.39 is 0 Å². The number of ether oxygens (including phenoxy) is 2. The molecule has 0 aliphatic carbocycles. The van der Waals surface area contributed by atoms with Crippen LogP contribution in [0.3, 0.4) is 0 Å². The number of hydrogen-bond acceptors (Lipinski definition) is 6. The minimum Gasteiger partial charge on any atom is -0.493 e. The molecule has 0 unspecified atom stereocenters. The highest BCUT2D eigenvalue weighted by Crippen LogP contribution is 2.30. The quantitative estimate of drug-likeness (QED) is 0.642. The molecule has 1 aromatic rings. The molecule has 162 valence electrons. The van der Waals surface area contributed by atoms with Gasteiger partial charge in [0.15, 0.2) is 11.5 Å². The van der Waals surface area contributed by atoms with Crippen molar-refractivity contribution in [2.45, 2.75) is 44.3 Å². The molecule has 1 atom stereocenters. The maximum absolute atomic E-state index is 12.5. The molecule has 2 fully saturated rings. The number of likely N-dealkylation sites (tertiary alicyclic amines) is 2. The first-order valence-electron chi connectivity index (χ1n) is 10.8. The van der Waals surface area contributed by atoms with E-state index in [9.17, 15) is 9.90 Å². The highest BCUT2D eigenvalue weighted by molar-refractivity contribution is 5.94. The summed E-state index contributed by atoms with van der Waals surface area (Å²) in [4.78, 5) is 17.1. The number of piperidine rings is 2. The van der Waals surface area contributed by atoms with Crippen LogP contribution in [0.15, 0.2) is 18.2 Å². The number of carbonyl (C=O) groups excluding carboxylic acids is 1. The lowest BCUT2D eigenvalue weighted by atomic mass is 10.1. The van der Waals surface area contributed by atoms with Gasteiger partial charge in [-0.15, -0.1) is 0 Å². The maximum atomic E-state index is 12.5. The summed E-state index contributed by atoms with van der Waals surface area (Å²) >= 11 is 0. The zero-order chi connectivity index (χ0) is 20.6. The van der Waals surface area contributed by atoms with Crippen molar-refractivity contribution in [3.05, 3.63) is 23.8 Å². The van der Waals surface area contributed by atoms with Crippen molar-refractivity contribution in [1.82, 2.24) is 15.1 Å². The summed E-state index contributed by atoms with van der Waals surface area (Å²) in [5.41, 5.74) is 0.575. The topological polar surface area (TPSA) is 74.3 Å². The van der Waals surface area contributed by atoms with Crippen molar-refractivity contribution in [2.75, 3.05) is 53.4 Å². The van der Waals surface area contributed by atoms with Crippen LogP contribution in [-0.2, 0) is 0 Å². The predicted octanol–water partition coefficient (Wildman–Crippen LogP) is 1.74. The monoisotopic (exact) mass is 405 g/mol. The van der Waals surface area contributed by atoms with Gasteiger partial charge < -0.3 is 29.7 Å². The Morgan fingerprint density at radius 2 is 2.00 bits per heavy atom. The molecule has 0 aromatic heterocycles. The lowest BCUT2D eigenvalue weighted by molar-refractivity contribution is 0.0697. The fourth-order valence-corrected chi connectivity index (χ4v) is 4.03. The first-order chi connectivity index (χ1) is 14.0. The van der Waals surface area contributed by atoms with Crippen molar-refractivity contribution in [3.63, 3.8) is 0 Å². The molecule has 2 heterocycles. The summed E-state index contributed by atoms with van der Waals surface area (Å²) in [5, 5.41) is 12.7. The van der Waals surface area contributed by atoms with Crippen LogP contribution in [0.5, 0.6) is 11.5 Å². The summed E-state index contributed by atoms with van der Waals surface area (Å²) < 4.78 is 11.6. The minimum absolute atomic E-state index is 0.104. The van der Waals surface area contributed by atoms with E-state index >= 15 is 0 Å². The number of benzene rings is 1. The molecule has 7 nitrogen and oxygen atoms in total. The molecule has 0 spiro atoms. The van der Waals surface area contributed by atoms with Crippen LogP contribution < -0.4 is 14.8 Å². The molecular weight excluding hydrogens is 370 g/mol. The molecule has 0 saturated carbocycles. The first-order valence-corrected chi connectivity index (χ1v) is 10.8. The van der Waals surface area contributed by atoms with Gasteiger partial charge >= 0.3 is 0 Å². The predicted molar refractivity (Wildman–Crippen MR) is 113 cm³/mol. The average molecular weight is 406 g/mol. The molecule has 1 aromatic carbocycles. The molecule has 2 aliphatic rings. The van der Waals surface area contributed by atoms with E-state index in [1.165, 1.54) is 0 Å². The number of hydrogen-bond donors (Lipinski definition) is 2. The third-order valence-electron chi connectivity index (χ3n) is 5.80. The van der Waals surface area contributed by atoms with Gasteiger partial charge in [-0.25, -0.2) is 0 Å². The zero-order valence-corrected chi connectivity index (χ0v) is 17.7. The van der Waals surface area contributed by atoms with Crippen LogP contribution in [0.25, 0.3) is 0 Å². The maximum Gasteiger partial charge on any atom is 0.251 e. The zero-order valence-electron chi connectivity index (χ0n) is 17.7. The van der Waals surface area contributed by atoms with Gasteiger partial charge in [0.1, 0.15) is 6.10 Å². The van der Waals surface area contributed by atoms with Gasteiger partial charge in [0.25, 0.3) is 5.91 Å². The summed E-state index contributed by atoms with van der Waals surface area (Å²) in [6.07, 6.45) is 4.78. The number of nitrogens with one attached hydrogen (secondary N) is 1. The standard InChI is InChI=1S/C22H35N3O4/c1-24-13-8-19(9-14-24)29-20-7-6-17(15-21(20)28-2)22(27)23-10-4-12-25-11-3-5-18(26)16-25/h6-7,15,18-19,26H,3-5,8-14,16H2,1-2H3,(H,23,27)/t18-/m0/s1. The number of rotatable bonds is 8. The van der Waals surface area contributed by atoms with Crippen LogP contribution in [0.2, 0.25) is 0 Å². The highest BCUT2D eigenvalue weighted by atomic mass is 16.5. The average Bonchev–Trinajstić information content (AvgIpc) is 2.73. The number of methoxy groups -OCH3 is 1. The largest absolute Gasteiger partial charge is 0.493 e. The highest BCUT2D eigenvalue weighted by Gasteiger charge is 2.20. The Morgan fingerprint density at radius 3 is 2.72 bits per heavy atom. The van der Waals surface area contributed by atoms with Gasteiger partial charge in [0.05, 0.1) is 13.2 Å². The SMILES string of the molecule is COc1cc(C(=O)NCCCN2CCC[C@H](O)C2)ccc1OC1CCN(C)CC1. The molecular formula is C22H35N3O4. The van der Waals surface area contributed by atoms with Crippen molar-refractivity contribution < 1.29 is 19.4 Å². The number of aliphatic hydroxyl groups excluding tert-OH is 1. The van der Waals surface area contributed by atoms with E-state index in [1.54, 1.807) is 19.2 Å². The molecule has 2 aliphatic heterocycles. The molecule has 2 saturated heterocycles. The number of nitrogens with zero attached hydrogens (tertiary/aromatic N) is 2. The summed E-state index contributed by atoms with van der Waals surface area (Å²) in [6, 6.07) is 5.38. The number of β-amino-alcohol motifs (C(OH)–C–C–N with tert-alkyl or cyclic N) is 1. The third-order valence-corrected chi connectivity index (χ3v) is 5.80. The molecule has 29 heavy (non-hydrogen) atoms. The second kappa shape index (κ2) is 10.8. The Morgan fingerprint density at radius 1 is 1.21 bits per heavy atom. The fourth-order valence-electron chi connectivity index (χ4n) is 4.03. The van der Waals surface area contributed by atoms with Crippen LogP contribution in [0.4, 0.5) is 0 Å². The Kier molecular flexibility index (Phi) is 8.15. The molecule has 0 bridgehead atoms. The molecule has 3 rings (SSSR count). The van der Waals surface area contributed by atoms with E-state index in [0.717, 1.165) is 64.8 Å². The van der Waals surface area contributed by atoms with Crippen molar-refractivity contribution in [1.29, 1.82) is 0 Å². The summed E-state index contributed by atoms with van der Waals surface area (Å²) in [5.74, 6) is 1.19. The normalized spacial score (nSPS) is 21.7. The lowest BCUT2D eigenvalue weighted by Crippen LogP contribution is -2.39. The van der Waals surface area contributed by atoms with Crippen molar-refractivity contribution in [2.24, 2.45) is 0 Å². The Balaban J connectivity index is 1.46. The van der Waals surface area contributed by atoms with Gasteiger partial charge in [-0.1, -0.05) is 0 Å². The molecule has 2 N–H and O–H groups in total. The second-order valence-electron chi connectivity index (χ2n) is 8.19. The van der Waals surface area contributed by atoms with Gasteiger partial charge in [0.2, 0.25) is 0 Å². The lowest BCUT2D eigenvalue weighted by Gasteiger charge is -2.30. The number of amides is 1. The van der Waals surface area contributed by atoms with Gasteiger partial charge in [-0.05, 0) is 70.4 Å². The van der Waals surface area contributed by atoms with Crippen molar-refractivity contribution in [3.8, 4) is 11.5 Å². The van der Waals surface area contributed by atoms with Gasteiger partial charge in [-0.3, -0.25) is 4.79 Å². The Labute approximate surface area is 174 Å². The van der Waals surface area contributed by atoms with Crippen molar-refractivity contribution >= 4 is 5.91 Å². The van der Waals surface area contributed by atoms with Gasteiger partial charge in [-0.2, -0.15) is 0 Å². The summed E-state index contributed by atoms with van der Waals surface area (Å²) in [6.45, 7) is 5.34. The van der Waals surface area contributed by atoms with E-state index in [1.807, 2.05) is 6.07 Å². The second-order valence-corrected chi connectivity index (χ2v) is 8.19. The smallest absolute Gasteiger partial charge is 0.251 e. The molecule has 1 amide bonds. The first kappa shape index (κ1) is 21.9.